The van der Waals surface area contributed by atoms with E-state index >= 15 is 0 Å². The van der Waals surface area contributed by atoms with Crippen molar-refractivity contribution in [3.05, 3.63) is 34.5 Å². The van der Waals surface area contributed by atoms with Crippen LogP contribution in [0.1, 0.15) is 25.7 Å². The fraction of sp³-hybridized carbons (Fsp3) is 0.438. The molecule has 0 bridgehead atoms. The van der Waals surface area contributed by atoms with Crippen LogP contribution in [0.25, 0.3) is 0 Å². The fourth-order valence-corrected chi connectivity index (χ4v) is 4.23. The van der Waals surface area contributed by atoms with E-state index in [9.17, 15) is 4.39 Å². The van der Waals surface area contributed by atoms with Crippen molar-refractivity contribution < 1.29 is 4.39 Å². The van der Waals surface area contributed by atoms with Gasteiger partial charge in [-0.15, -0.1) is 11.3 Å². The molecule has 1 aromatic carbocycles. The van der Waals surface area contributed by atoms with Gasteiger partial charge in [0.1, 0.15) is 5.82 Å². The summed E-state index contributed by atoms with van der Waals surface area (Å²) in [4.78, 5) is 4.55. The topological polar surface area (TPSA) is 49.0 Å². The molecule has 1 fully saturated rings. The molecular formula is C16H20ClFN4S2. The number of nitrogens with one attached hydrogen (secondary N) is 3. The van der Waals surface area contributed by atoms with Crippen molar-refractivity contribution in [2.24, 2.45) is 0 Å². The standard InChI is InChI=1S/C16H20ClFN4S2/c17-12-9-15(24-22-16-21-7-8-23-16)13(18)10-14(12)20-6-4-11-3-1-2-5-19-11/h7-11,19-20H,1-6H2,(H,21,22). The Morgan fingerprint density at radius 3 is 3.08 bits per heavy atom. The lowest BCUT2D eigenvalue weighted by molar-refractivity contribution is 0.389. The van der Waals surface area contributed by atoms with Crippen molar-refractivity contribution in [3.8, 4) is 0 Å². The molecule has 2 aromatic rings. The van der Waals surface area contributed by atoms with Gasteiger partial charge in [0.05, 0.1) is 15.6 Å². The average molecular weight is 387 g/mol. The highest BCUT2D eigenvalue weighted by Crippen LogP contribution is 2.32. The van der Waals surface area contributed by atoms with Gasteiger partial charge >= 0.3 is 0 Å². The molecule has 1 aromatic heterocycles. The summed E-state index contributed by atoms with van der Waals surface area (Å²) in [6, 6.07) is 3.65. The highest BCUT2D eigenvalue weighted by molar-refractivity contribution is 8.00. The lowest BCUT2D eigenvalue weighted by atomic mass is 10.0. The van der Waals surface area contributed by atoms with Gasteiger partial charge < -0.3 is 15.4 Å². The number of hydrogen-bond donors (Lipinski definition) is 3. The van der Waals surface area contributed by atoms with Crippen molar-refractivity contribution in [2.75, 3.05) is 23.1 Å². The molecule has 0 radical (unpaired) electrons. The molecule has 0 spiro atoms. The maximum absolute atomic E-state index is 14.3. The zero-order valence-electron chi connectivity index (χ0n) is 13.1. The zero-order chi connectivity index (χ0) is 16.8. The first-order chi connectivity index (χ1) is 11.7. The predicted octanol–water partition coefficient (Wildman–Crippen LogP) is 5.00. The highest BCUT2D eigenvalue weighted by atomic mass is 35.5. The summed E-state index contributed by atoms with van der Waals surface area (Å²) in [6.07, 6.45) is 6.47. The molecule has 8 heteroatoms. The molecule has 0 amide bonds. The molecule has 1 saturated heterocycles. The molecule has 1 unspecified atom stereocenters. The Labute approximate surface area is 154 Å². The van der Waals surface area contributed by atoms with E-state index < -0.39 is 0 Å². The van der Waals surface area contributed by atoms with Crippen LogP contribution in [0.5, 0.6) is 0 Å². The van der Waals surface area contributed by atoms with Gasteiger partial charge in [-0.05, 0) is 49.9 Å². The maximum Gasteiger partial charge on any atom is 0.192 e. The number of thiazole rings is 1. The van der Waals surface area contributed by atoms with Crippen molar-refractivity contribution in [3.63, 3.8) is 0 Å². The number of hydrogen-bond acceptors (Lipinski definition) is 6. The summed E-state index contributed by atoms with van der Waals surface area (Å²) in [6.45, 7) is 1.87. The smallest absolute Gasteiger partial charge is 0.192 e. The minimum atomic E-state index is -0.299. The quantitative estimate of drug-likeness (QED) is 0.584. The van der Waals surface area contributed by atoms with Crippen molar-refractivity contribution in [2.45, 2.75) is 36.6 Å². The van der Waals surface area contributed by atoms with Gasteiger partial charge in [0.25, 0.3) is 0 Å². The van der Waals surface area contributed by atoms with Crippen LogP contribution in [-0.4, -0.2) is 24.1 Å². The number of piperidine rings is 1. The molecular weight excluding hydrogens is 367 g/mol. The van der Waals surface area contributed by atoms with Crippen LogP contribution >= 0.6 is 34.9 Å². The van der Waals surface area contributed by atoms with Crippen molar-refractivity contribution >= 4 is 45.7 Å². The summed E-state index contributed by atoms with van der Waals surface area (Å²) in [5.74, 6) is -0.299. The third kappa shape index (κ3) is 4.99. The van der Waals surface area contributed by atoms with Crippen LogP contribution in [0.15, 0.2) is 28.6 Å². The molecule has 130 valence electrons. The first-order valence-corrected chi connectivity index (χ1v) is 10.1. The number of benzene rings is 1. The first kappa shape index (κ1) is 17.8. The van der Waals surface area contributed by atoms with E-state index in [1.165, 1.54) is 48.6 Å². The number of anilines is 2. The maximum atomic E-state index is 14.3. The third-order valence-corrected chi connectivity index (χ3v) is 5.88. The Kier molecular flexibility index (Phi) is 6.59. The van der Waals surface area contributed by atoms with Gasteiger partial charge in [0.15, 0.2) is 5.13 Å². The summed E-state index contributed by atoms with van der Waals surface area (Å²) in [7, 11) is 0. The van der Waals surface area contributed by atoms with E-state index in [-0.39, 0.29) is 5.82 Å². The van der Waals surface area contributed by atoms with Gasteiger partial charge in [-0.25, -0.2) is 9.37 Å². The van der Waals surface area contributed by atoms with E-state index in [0.29, 0.717) is 21.6 Å². The molecule has 0 saturated carbocycles. The second-order valence-electron chi connectivity index (χ2n) is 5.67. The molecule has 1 aliphatic rings. The number of rotatable bonds is 7. The van der Waals surface area contributed by atoms with E-state index in [0.717, 1.165) is 24.6 Å². The Hall–Kier alpha value is -1.02. The molecule has 2 heterocycles. The second-order valence-corrected chi connectivity index (χ2v) is 7.82. The first-order valence-electron chi connectivity index (χ1n) is 8.01. The molecule has 24 heavy (non-hydrogen) atoms. The normalized spacial score (nSPS) is 17.7. The fourth-order valence-electron chi connectivity index (χ4n) is 2.67. The van der Waals surface area contributed by atoms with E-state index in [4.69, 9.17) is 11.6 Å². The zero-order valence-corrected chi connectivity index (χ0v) is 15.5. The molecule has 1 aliphatic heterocycles. The molecule has 3 N–H and O–H groups in total. The number of aromatic nitrogens is 1. The van der Waals surface area contributed by atoms with Gasteiger partial charge in [-0.3, -0.25) is 0 Å². The minimum absolute atomic E-state index is 0.299. The summed E-state index contributed by atoms with van der Waals surface area (Å²) < 4.78 is 17.3. The van der Waals surface area contributed by atoms with Gasteiger partial charge in [0, 0.05) is 24.2 Å². The summed E-state index contributed by atoms with van der Waals surface area (Å²) in [5.41, 5.74) is 0.642. The van der Waals surface area contributed by atoms with Crippen LogP contribution in [0, 0.1) is 5.82 Å². The van der Waals surface area contributed by atoms with Gasteiger partial charge in [-0.1, -0.05) is 18.0 Å². The van der Waals surface area contributed by atoms with E-state index in [1.54, 1.807) is 12.3 Å². The van der Waals surface area contributed by atoms with Gasteiger partial charge in [0.2, 0.25) is 0 Å². The average Bonchev–Trinajstić information content (AvgIpc) is 3.11. The Balaban J connectivity index is 1.53. The van der Waals surface area contributed by atoms with Crippen LogP contribution < -0.4 is 15.4 Å². The van der Waals surface area contributed by atoms with E-state index in [2.05, 4.69) is 20.3 Å². The Morgan fingerprint density at radius 2 is 2.33 bits per heavy atom. The highest BCUT2D eigenvalue weighted by Gasteiger charge is 2.13. The SMILES string of the molecule is Fc1cc(NCCC2CCCCN2)c(Cl)cc1SNc1nccs1. The molecule has 0 aliphatic carbocycles. The van der Waals surface area contributed by atoms with Crippen LogP contribution in [0.3, 0.4) is 0 Å². The third-order valence-electron chi connectivity index (χ3n) is 3.92. The summed E-state index contributed by atoms with van der Waals surface area (Å²) >= 11 is 8.92. The molecule has 3 rings (SSSR count). The van der Waals surface area contributed by atoms with Gasteiger partial charge in [-0.2, -0.15) is 0 Å². The van der Waals surface area contributed by atoms with Crippen LogP contribution in [-0.2, 0) is 0 Å². The lowest BCUT2D eigenvalue weighted by Gasteiger charge is -2.23. The molecule has 4 nitrogen and oxygen atoms in total. The minimum Gasteiger partial charge on any atom is -0.384 e. The number of halogens is 2. The van der Waals surface area contributed by atoms with Crippen molar-refractivity contribution in [1.29, 1.82) is 0 Å². The summed E-state index contributed by atoms with van der Waals surface area (Å²) in [5, 5.41) is 9.87. The predicted molar refractivity (Wildman–Crippen MR) is 102 cm³/mol. The molecule has 1 atom stereocenters. The van der Waals surface area contributed by atoms with Crippen LogP contribution in [0.2, 0.25) is 5.02 Å². The lowest BCUT2D eigenvalue weighted by Crippen LogP contribution is -2.35. The monoisotopic (exact) mass is 386 g/mol. The van der Waals surface area contributed by atoms with Crippen LogP contribution in [0.4, 0.5) is 15.2 Å². The number of nitrogens with zero attached hydrogens (tertiary/aromatic N) is 1. The second kappa shape index (κ2) is 8.89. The largest absolute Gasteiger partial charge is 0.384 e. The van der Waals surface area contributed by atoms with E-state index in [1.807, 2.05) is 5.38 Å². The Bertz CT molecular complexity index is 648. The Morgan fingerprint density at radius 1 is 1.42 bits per heavy atom. The van der Waals surface area contributed by atoms with Crippen molar-refractivity contribution in [1.82, 2.24) is 10.3 Å².